The molecule has 0 saturated heterocycles. The van der Waals surface area contributed by atoms with Gasteiger partial charge in [-0.25, -0.2) is 4.39 Å². The van der Waals surface area contributed by atoms with Gasteiger partial charge >= 0.3 is 0 Å². The van der Waals surface area contributed by atoms with Crippen LogP contribution in [0.2, 0.25) is 0 Å². The van der Waals surface area contributed by atoms with E-state index < -0.39 is 6.17 Å². The van der Waals surface area contributed by atoms with Gasteiger partial charge < -0.3 is 5.73 Å². The molecule has 1 atom stereocenters. The summed E-state index contributed by atoms with van der Waals surface area (Å²) in [5.41, 5.74) is 5.50. The van der Waals surface area contributed by atoms with E-state index in [2.05, 4.69) is 20.9 Å². The lowest BCUT2D eigenvalue weighted by Crippen LogP contribution is -2.08. The summed E-state index contributed by atoms with van der Waals surface area (Å²) in [5.74, 6) is 0. The molecule has 0 aliphatic rings. The van der Waals surface area contributed by atoms with E-state index in [0.717, 1.165) is 4.47 Å². The molecule has 1 rings (SSSR count). The van der Waals surface area contributed by atoms with E-state index in [0.29, 0.717) is 5.69 Å². The van der Waals surface area contributed by atoms with Crippen LogP contribution in [-0.2, 0) is 0 Å². The third kappa shape index (κ3) is 4.76. The van der Waals surface area contributed by atoms with Crippen LogP contribution in [0, 0.1) is 0 Å². The van der Waals surface area contributed by atoms with Crippen molar-refractivity contribution < 1.29 is 4.39 Å². The van der Waals surface area contributed by atoms with Gasteiger partial charge in [-0.15, -0.1) is 24.8 Å². The molecule has 0 amide bonds. The van der Waals surface area contributed by atoms with Crippen molar-refractivity contribution in [1.82, 2.24) is 4.98 Å². The Bertz CT molecular complexity index is 232. The lowest BCUT2D eigenvalue weighted by molar-refractivity contribution is 0.345. The molecule has 2 nitrogen and oxygen atoms in total. The normalized spacial score (nSPS) is 11.0. The van der Waals surface area contributed by atoms with E-state index in [-0.39, 0.29) is 31.4 Å². The fourth-order valence-electron chi connectivity index (χ4n) is 0.693. The fraction of sp³-hybridized carbons (Fsp3) is 0.286. The van der Waals surface area contributed by atoms with Gasteiger partial charge in [-0.2, -0.15) is 0 Å². The Morgan fingerprint density at radius 2 is 2.08 bits per heavy atom. The van der Waals surface area contributed by atoms with Crippen LogP contribution in [0.5, 0.6) is 0 Å². The molecule has 1 heterocycles. The maximum Gasteiger partial charge on any atom is 0.154 e. The van der Waals surface area contributed by atoms with Crippen LogP contribution < -0.4 is 5.73 Å². The topological polar surface area (TPSA) is 38.9 Å². The molecule has 13 heavy (non-hydrogen) atoms. The molecule has 1 aromatic rings. The number of nitrogens with zero attached hydrogens (tertiary/aromatic N) is 1. The summed E-state index contributed by atoms with van der Waals surface area (Å²) >= 11 is 3.20. The zero-order chi connectivity index (χ0) is 8.27. The van der Waals surface area contributed by atoms with Crippen LogP contribution in [-0.4, -0.2) is 11.5 Å². The minimum Gasteiger partial charge on any atom is -0.327 e. The molecule has 0 saturated carbocycles. The zero-order valence-electron chi connectivity index (χ0n) is 6.61. The van der Waals surface area contributed by atoms with Crippen molar-refractivity contribution in [3.63, 3.8) is 0 Å². The SMILES string of the molecule is Cl.Cl.NCC(F)c1ccc(Br)cn1. The second-order valence-corrected chi connectivity index (χ2v) is 3.02. The molecule has 0 aliphatic heterocycles. The van der Waals surface area contributed by atoms with Crippen LogP contribution >= 0.6 is 40.7 Å². The Morgan fingerprint density at radius 3 is 2.46 bits per heavy atom. The highest BCUT2D eigenvalue weighted by Gasteiger charge is 2.07. The first-order valence-electron chi connectivity index (χ1n) is 3.19. The van der Waals surface area contributed by atoms with E-state index in [1.807, 2.05) is 0 Å². The molecular formula is C7H10BrCl2FN2. The quantitative estimate of drug-likeness (QED) is 0.910. The second-order valence-electron chi connectivity index (χ2n) is 2.10. The lowest BCUT2D eigenvalue weighted by atomic mass is 10.2. The molecule has 0 spiro atoms. The van der Waals surface area contributed by atoms with E-state index in [4.69, 9.17) is 5.73 Å². The zero-order valence-corrected chi connectivity index (χ0v) is 9.83. The number of aromatic nitrogens is 1. The second kappa shape index (κ2) is 7.50. The van der Waals surface area contributed by atoms with Crippen LogP contribution in [0.1, 0.15) is 11.9 Å². The smallest absolute Gasteiger partial charge is 0.154 e. The van der Waals surface area contributed by atoms with Gasteiger partial charge in [0.1, 0.15) is 0 Å². The maximum absolute atomic E-state index is 12.8. The molecule has 0 aromatic carbocycles. The van der Waals surface area contributed by atoms with Gasteiger partial charge in [0.2, 0.25) is 0 Å². The van der Waals surface area contributed by atoms with Gasteiger partial charge in [-0.1, -0.05) is 0 Å². The van der Waals surface area contributed by atoms with Crippen molar-refractivity contribution in [3.8, 4) is 0 Å². The summed E-state index contributed by atoms with van der Waals surface area (Å²) in [7, 11) is 0. The Morgan fingerprint density at radius 1 is 1.46 bits per heavy atom. The minimum absolute atomic E-state index is 0. The number of rotatable bonds is 2. The number of pyridine rings is 1. The molecule has 1 aromatic heterocycles. The van der Waals surface area contributed by atoms with Crippen molar-refractivity contribution in [2.45, 2.75) is 6.17 Å². The summed E-state index contributed by atoms with van der Waals surface area (Å²) in [4.78, 5) is 3.85. The van der Waals surface area contributed by atoms with Crippen LogP contribution in [0.3, 0.4) is 0 Å². The number of nitrogens with two attached hydrogens (primary N) is 1. The number of alkyl halides is 1. The summed E-state index contributed by atoms with van der Waals surface area (Å²) < 4.78 is 13.6. The standard InChI is InChI=1S/C7H8BrFN2.2ClH/c8-5-1-2-7(11-4-5)6(9)3-10;;/h1-2,4,6H,3,10H2;2*1H. The highest BCUT2D eigenvalue weighted by Crippen LogP contribution is 2.15. The molecule has 0 aliphatic carbocycles. The monoisotopic (exact) mass is 290 g/mol. The number of hydrogen-bond acceptors (Lipinski definition) is 2. The predicted molar refractivity (Wildman–Crippen MR) is 59.3 cm³/mol. The predicted octanol–water partition coefficient (Wildman–Crippen LogP) is 2.66. The average molecular weight is 292 g/mol. The van der Waals surface area contributed by atoms with Gasteiger partial charge in [0.15, 0.2) is 6.17 Å². The highest BCUT2D eigenvalue weighted by atomic mass is 79.9. The van der Waals surface area contributed by atoms with Gasteiger partial charge in [-0.3, -0.25) is 4.98 Å². The van der Waals surface area contributed by atoms with Crippen molar-refractivity contribution in [2.24, 2.45) is 5.73 Å². The first-order chi connectivity index (χ1) is 5.24. The van der Waals surface area contributed by atoms with Gasteiger partial charge in [0, 0.05) is 17.2 Å². The molecule has 1 unspecified atom stereocenters. The lowest BCUT2D eigenvalue weighted by Gasteiger charge is -2.02. The molecule has 0 radical (unpaired) electrons. The Labute approximate surface area is 97.1 Å². The van der Waals surface area contributed by atoms with E-state index in [1.54, 1.807) is 18.3 Å². The average Bonchev–Trinajstić information content (AvgIpc) is 2.05. The van der Waals surface area contributed by atoms with Gasteiger partial charge in [-0.05, 0) is 28.1 Å². The van der Waals surface area contributed by atoms with Crippen LogP contribution in [0.4, 0.5) is 4.39 Å². The van der Waals surface area contributed by atoms with Crippen molar-refractivity contribution in [3.05, 3.63) is 28.5 Å². The number of halogens is 4. The van der Waals surface area contributed by atoms with Crippen LogP contribution in [0.25, 0.3) is 0 Å². The molecule has 0 bridgehead atoms. The molecular weight excluding hydrogens is 282 g/mol. The minimum atomic E-state index is -1.15. The molecule has 0 fully saturated rings. The largest absolute Gasteiger partial charge is 0.327 e. The van der Waals surface area contributed by atoms with Gasteiger partial charge in [0.05, 0.1) is 5.69 Å². The van der Waals surface area contributed by atoms with Crippen molar-refractivity contribution in [2.75, 3.05) is 6.54 Å². The van der Waals surface area contributed by atoms with E-state index in [9.17, 15) is 4.39 Å². The van der Waals surface area contributed by atoms with Crippen LogP contribution in [0.15, 0.2) is 22.8 Å². The molecule has 76 valence electrons. The number of hydrogen-bond donors (Lipinski definition) is 1. The van der Waals surface area contributed by atoms with Crippen molar-refractivity contribution >= 4 is 40.7 Å². The highest BCUT2D eigenvalue weighted by molar-refractivity contribution is 9.10. The van der Waals surface area contributed by atoms with E-state index in [1.165, 1.54) is 0 Å². The Hall–Kier alpha value is 0.1000. The summed E-state index contributed by atoms with van der Waals surface area (Å²) in [6.07, 6.45) is 0.403. The summed E-state index contributed by atoms with van der Waals surface area (Å²) in [5, 5.41) is 0. The summed E-state index contributed by atoms with van der Waals surface area (Å²) in [6, 6.07) is 3.35. The molecule has 6 heteroatoms. The first kappa shape index (κ1) is 15.6. The third-order valence-electron chi connectivity index (χ3n) is 1.28. The third-order valence-corrected chi connectivity index (χ3v) is 1.75. The van der Waals surface area contributed by atoms with E-state index >= 15 is 0 Å². The maximum atomic E-state index is 12.8. The fourth-order valence-corrected chi connectivity index (χ4v) is 0.928. The Kier molecular flexibility index (Phi) is 8.98. The Balaban J connectivity index is 0. The summed E-state index contributed by atoms with van der Waals surface area (Å²) in [6.45, 7) is -0.0192. The molecule has 2 N–H and O–H groups in total. The van der Waals surface area contributed by atoms with Gasteiger partial charge in [0.25, 0.3) is 0 Å². The van der Waals surface area contributed by atoms with Crippen molar-refractivity contribution in [1.29, 1.82) is 0 Å². The first-order valence-corrected chi connectivity index (χ1v) is 3.99.